The second-order valence-corrected chi connectivity index (χ2v) is 22.5. The van der Waals surface area contributed by atoms with Crippen LogP contribution in [0.3, 0.4) is 0 Å². The lowest BCUT2D eigenvalue weighted by molar-refractivity contribution is -0.161. The normalized spacial score (nSPS) is 14.5. The van der Waals surface area contributed by atoms with Gasteiger partial charge >= 0.3 is 39.5 Å². The fourth-order valence-corrected chi connectivity index (χ4v) is 9.44. The first-order valence-electron chi connectivity index (χ1n) is 28.8. The van der Waals surface area contributed by atoms with E-state index < -0.39 is 97.5 Å². The van der Waals surface area contributed by atoms with Crippen LogP contribution in [0.2, 0.25) is 0 Å². The number of phosphoric acid groups is 2. The Morgan fingerprint density at radius 1 is 0.329 bits per heavy atom. The zero-order chi connectivity index (χ0) is 54.1. The molecule has 432 valence electrons. The second-order valence-electron chi connectivity index (χ2n) is 19.6. The molecule has 0 amide bonds. The molecule has 0 aliphatic heterocycles. The zero-order valence-corrected chi connectivity index (χ0v) is 47.9. The topological polar surface area (TPSA) is 237 Å². The third kappa shape index (κ3) is 49.4. The lowest BCUT2D eigenvalue weighted by atomic mass is 10.1. The van der Waals surface area contributed by atoms with Crippen molar-refractivity contribution in [1.29, 1.82) is 0 Å². The van der Waals surface area contributed by atoms with Gasteiger partial charge in [0.15, 0.2) is 12.2 Å². The third-order valence-corrected chi connectivity index (χ3v) is 14.3. The van der Waals surface area contributed by atoms with Gasteiger partial charge in [0.1, 0.15) is 19.3 Å². The lowest BCUT2D eigenvalue weighted by Gasteiger charge is -2.21. The Morgan fingerprint density at radius 2 is 0.548 bits per heavy atom. The van der Waals surface area contributed by atoms with Gasteiger partial charge in [0, 0.05) is 25.7 Å². The molecule has 0 heterocycles. The number of aliphatic hydroxyl groups is 1. The number of ether oxygens (including phenoxy) is 4. The van der Waals surface area contributed by atoms with Crippen molar-refractivity contribution in [3.05, 3.63) is 0 Å². The minimum absolute atomic E-state index is 0.104. The van der Waals surface area contributed by atoms with Gasteiger partial charge in [0.25, 0.3) is 0 Å². The van der Waals surface area contributed by atoms with Crippen molar-refractivity contribution in [2.45, 2.75) is 284 Å². The number of carbonyl (C=O) groups excluding carboxylic acids is 4. The highest BCUT2D eigenvalue weighted by Crippen LogP contribution is 2.45. The molecule has 0 rings (SSSR count). The maximum Gasteiger partial charge on any atom is 0.472 e. The van der Waals surface area contributed by atoms with Gasteiger partial charge in [0.05, 0.1) is 26.4 Å². The van der Waals surface area contributed by atoms with E-state index in [9.17, 15) is 43.2 Å². The SMILES string of the molecule is CCCCCCCCCCCCCC(=O)O[C@H](COC(=O)CCCCCCCCCCC)COP(=O)(O)OC[C@@H](O)COP(=O)(O)OC[C@@H](COC(=O)CCCCCCC)OC(=O)CCCCCCCCCC. The lowest BCUT2D eigenvalue weighted by Crippen LogP contribution is -2.30. The van der Waals surface area contributed by atoms with Gasteiger partial charge in [-0.1, -0.05) is 214 Å². The van der Waals surface area contributed by atoms with E-state index >= 15 is 0 Å². The average molecular weight is 1090 g/mol. The van der Waals surface area contributed by atoms with Gasteiger partial charge in [-0.3, -0.25) is 37.3 Å². The quantitative estimate of drug-likeness (QED) is 0.0222. The molecule has 0 saturated carbocycles. The number of hydrogen-bond acceptors (Lipinski definition) is 15. The van der Waals surface area contributed by atoms with Crippen molar-refractivity contribution in [1.82, 2.24) is 0 Å². The minimum atomic E-state index is -4.93. The van der Waals surface area contributed by atoms with Crippen molar-refractivity contribution < 1.29 is 80.2 Å². The highest BCUT2D eigenvalue weighted by atomic mass is 31.2. The molecule has 0 aliphatic carbocycles. The van der Waals surface area contributed by atoms with Gasteiger partial charge in [0.2, 0.25) is 0 Å². The number of esters is 4. The largest absolute Gasteiger partial charge is 0.472 e. The van der Waals surface area contributed by atoms with E-state index in [1.54, 1.807) is 0 Å². The van der Waals surface area contributed by atoms with Gasteiger partial charge in [-0.15, -0.1) is 0 Å². The number of carbonyl (C=O) groups is 4. The smallest absolute Gasteiger partial charge is 0.462 e. The van der Waals surface area contributed by atoms with E-state index in [-0.39, 0.29) is 25.7 Å². The summed E-state index contributed by atoms with van der Waals surface area (Å²) in [6.07, 6.45) is 31.1. The summed E-state index contributed by atoms with van der Waals surface area (Å²) < 4.78 is 67.3. The highest BCUT2D eigenvalue weighted by Gasteiger charge is 2.30. The summed E-state index contributed by atoms with van der Waals surface area (Å²) in [6, 6.07) is 0. The van der Waals surface area contributed by atoms with Crippen LogP contribution in [0, 0.1) is 0 Å². The summed E-state index contributed by atoms with van der Waals surface area (Å²) in [5.74, 6) is -2.16. The Balaban J connectivity index is 5.17. The van der Waals surface area contributed by atoms with Crippen molar-refractivity contribution in [3.8, 4) is 0 Å². The summed E-state index contributed by atoms with van der Waals surface area (Å²) in [5.41, 5.74) is 0. The molecule has 73 heavy (non-hydrogen) atoms. The summed E-state index contributed by atoms with van der Waals surface area (Å²) in [5, 5.41) is 10.4. The van der Waals surface area contributed by atoms with Crippen LogP contribution in [-0.2, 0) is 65.4 Å². The Kier molecular flexibility index (Phi) is 48.3. The number of hydrogen-bond donors (Lipinski definition) is 3. The van der Waals surface area contributed by atoms with E-state index in [1.165, 1.54) is 83.5 Å². The molecular formula is C54H104O17P2. The van der Waals surface area contributed by atoms with Crippen LogP contribution in [0.4, 0.5) is 0 Å². The fourth-order valence-electron chi connectivity index (χ4n) is 7.87. The monoisotopic (exact) mass is 1090 g/mol. The van der Waals surface area contributed by atoms with Crippen LogP contribution in [0.25, 0.3) is 0 Å². The van der Waals surface area contributed by atoms with Crippen molar-refractivity contribution in [2.24, 2.45) is 0 Å². The van der Waals surface area contributed by atoms with Gasteiger partial charge in [-0.2, -0.15) is 0 Å². The molecule has 0 spiro atoms. The predicted octanol–water partition coefficient (Wildman–Crippen LogP) is 14.0. The molecule has 3 N–H and O–H groups in total. The molecule has 0 aromatic rings. The molecule has 5 atom stereocenters. The zero-order valence-electron chi connectivity index (χ0n) is 46.1. The number of rotatable bonds is 55. The highest BCUT2D eigenvalue weighted by molar-refractivity contribution is 7.47. The van der Waals surface area contributed by atoms with Crippen LogP contribution >= 0.6 is 15.6 Å². The van der Waals surface area contributed by atoms with Crippen LogP contribution in [0.15, 0.2) is 0 Å². The second kappa shape index (κ2) is 49.6. The van der Waals surface area contributed by atoms with E-state index in [0.717, 1.165) is 103 Å². The van der Waals surface area contributed by atoms with Crippen molar-refractivity contribution >= 4 is 39.5 Å². The van der Waals surface area contributed by atoms with E-state index in [4.69, 9.17) is 37.0 Å². The predicted molar refractivity (Wildman–Crippen MR) is 285 cm³/mol. The van der Waals surface area contributed by atoms with Crippen LogP contribution < -0.4 is 0 Å². The van der Waals surface area contributed by atoms with Gasteiger partial charge in [-0.25, -0.2) is 9.13 Å². The van der Waals surface area contributed by atoms with Crippen molar-refractivity contribution in [2.75, 3.05) is 39.6 Å². The summed E-state index contributed by atoms with van der Waals surface area (Å²) in [6.45, 7) is 4.68. The molecule has 0 aliphatic rings. The molecule has 2 unspecified atom stereocenters. The van der Waals surface area contributed by atoms with Gasteiger partial charge < -0.3 is 33.8 Å². The molecular weight excluding hydrogens is 983 g/mol. The molecule has 0 bridgehead atoms. The summed E-state index contributed by atoms with van der Waals surface area (Å²) in [7, 11) is -9.85. The summed E-state index contributed by atoms with van der Waals surface area (Å²) >= 11 is 0. The molecule has 17 nitrogen and oxygen atoms in total. The Hall–Kier alpha value is -1.94. The van der Waals surface area contributed by atoms with E-state index in [0.29, 0.717) is 25.7 Å². The minimum Gasteiger partial charge on any atom is -0.462 e. The fraction of sp³-hybridized carbons (Fsp3) is 0.926. The Bertz CT molecular complexity index is 1440. The summed E-state index contributed by atoms with van der Waals surface area (Å²) in [4.78, 5) is 71.3. The van der Waals surface area contributed by atoms with Crippen LogP contribution in [0.5, 0.6) is 0 Å². The first-order chi connectivity index (χ1) is 35.2. The van der Waals surface area contributed by atoms with Crippen LogP contribution in [0.1, 0.15) is 265 Å². The number of aliphatic hydroxyl groups excluding tert-OH is 1. The Morgan fingerprint density at radius 3 is 0.808 bits per heavy atom. The molecule has 0 fully saturated rings. The molecule has 0 radical (unpaired) electrons. The third-order valence-electron chi connectivity index (χ3n) is 12.4. The molecule has 0 aromatic carbocycles. The Labute approximate surface area is 441 Å². The van der Waals surface area contributed by atoms with Crippen LogP contribution in [-0.4, -0.2) is 96.7 Å². The molecule has 0 aromatic heterocycles. The van der Waals surface area contributed by atoms with E-state index in [1.807, 2.05) is 0 Å². The average Bonchev–Trinajstić information content (AvgIpc) is 3.36. The maximum absolute atomic E-state index is 12.9. The first-order valence-corrected chi connectivity index (χ1v) is 31.8. The maximum atomic E-state index is 12.9. The molecule has 19 heteroatoms. The van der Waals surface area contributed by atoms with Gasteiger partial charge in [-0.05, 0) is 25.7 Å². The number of unbranched alkanes of at least 4 members (excludes halogenated alkanes) is 29. The first kappa shape index (κ1) is 71.1. The number of phosphoric ester groups is 2. The standard InChI is InChI=1S/C54H104O17P2/c1-5-9-13-17-20-23-24-26-29-33-37-41-54(59)71-50(45-65-52(57)39-35-31-28-25-21-18-14-10-6-2)47-69-73(62,63)67-43-48(55)42-66-72(60,61)68-46-49(44-64-51(56)38-34-30-16-12-8-4)70-53(58)40-36-32-27-22-19-15-11-7-3/h48-50,55H,5-47H2,1-4H3,(H,60,61)(H,62,63)/t48-,49+,50+/m0/s1. The van der Waals surface area contributed by atoms with Crippen molar-refractivity contribution in [3.63, 3.8) is 0 Å². The molecule has 0 saturated heterocycles. The van der Waals surface area contributed by atoms with E-state index in [2.05, 4.69) is 27.7 Å².